The Morgan fingerprint density at radius 1 is 0.720 bits per heavy atom. The monoisotopic (exact) mass is 384 g/mol. The maximum absolute atomic E-state index is 10.3. The Labute approximate surface area is 197 Å². The first kappa shape index (κ1) is 29.9. The Bertz CT molecular complexity index is 321. The van der Waals surface area contributed by atoms with Gasteiger partial charge in [-0.1, -0.05) is 70.4 Å². The number of hydrogen-bond acceptors (Lipinski definition) is 2. The molecule has 0 fully saturated rings. The molecule has 0 aliphatic carbocycles. The molecule has 0 aromatic carbocycles. The number of carboxylic acid groups (broad SMARTS) is 3. The van der Waals surface area contributed by atoms with Crippen molar-refractivity contribution in [2.24, 2.45) is 0 Å². The third-order valence-electron chi connectivity index (χ3n) is 3.65. The molecule has 0 bridgehead atoms. The summed E-state index contributed by atoms with van der Waals surface area (Å²) in [6, 6.07) is 0. The minimum atomic E-state index is -1.83. The third kappa shape index (κ3) is 40.3. The molecule has 0 aromatic heterocycles. The molecule has 6 heteroatoms. The summed E-state index contributed by atoms with van der Waals surface area (Å²) in [7, 11) is 0. The van der Waals surface area contributed by atoms with E-state index >= 15 is 0 Å². The maximum Gasteiger partial charge on any atom is 1.00 e. The average molecular weight is 385 g/mol. The van der Waals surface area contributed by atoms with Crippen LogP contribution in [0.1, 0.15) is 98.2 Å². The summed E-state index contributed by atoms with van der Waals surface area (Å²) < 4.78 is 0. The van der Waals surface area contributed by atoms with Gasteiger partial charge in [0.2, 0.25) is 0 Å². The van der Waals surface area contributed by atoms with Crippen LogP contribution in [-0.2, 0) is 4.79 Å². The van der Waals surface area contributed by atoms with Gasteiger partial charge in [0.1, 0.15) is 0 Å². The molecule has 25 heavy (non-hydrogen) atoms. The molecule has 0 aromatic rings. The molecule has 3 N–H and O–H groups in total. The Hall–Kier alpha value is 0.116. The van der Waals surface area contributed by atoms with Crippen LogP contribution in [0.5, 0.6) is 0 Å². The standard InChI is InChI=1S/C18H34O2.CH2O3.K.H/c1-2-3-4-5-6-7-8-9-10-11-12-13-14-15-16-17-18(19)20;2-1(3)4;;/h9-10H,2-8,11-17H2,1H3,(H,19,20);(H2,2,3,4);;/q;;+1;-1/b10-9-;;;. The van der Waals surface area contributed by atoms with Gasteiger partial charge < -0.3 is 16.7 Å². The summed E-state index contributed by atoms with van der Waals surface area (Å²) in [4.78, 5) is 18.9. The molecular formula is C19H37KO5. The van der Waals surface area contributed by atoms with E-state index < -0.39 is 12.1 Å². The van der Waals surface area contributed by atoms with E-state index in [0.29, 0.717) is 6.42 Å². The zero-order chi connectivity index (χ0) is 18.5. The number of unbranched alkanes of at least 4 members (excludes halogenated alkanes) is 11. The van der Waals surface area contributed by atoms with E-state index in [0.717, 1.165) is 12.8 Å². The number of rotatable bonds is 15. The van der Waals surface area contributed by atoms with Crippen molar-refractivity contribution in [3.63, 3.8) is 0 Å². The van der Waals surface area contributed by atoms with Crippen molar-refractivity contribution < 1.29 is 77.7 Å². The molecule has 0 radical (unpaired) electrons. The van der Waals surface area contributed by atoms with Gasteiger partial charge in [0.25, 0.3) is 0 Å². The van der Waals surface area contributed by atoms with Gasteiger partial charge in [-0.15, -0.1) is 0 Å². The van der Waals surface area contributed by atoms with E-state index in [9.17, 15) is 4.79 Å². The fraction of sp³-hybridized carbons (Fsp3) is 0.789. The molecule has 0 aliphatic rings. The first-order chi connectivity index (χ1) is 11.5. The quantitative estimate of drug-likeness (QED) is 0.228. The molecule has 144 valence electrons. The van der Waals surface area contributed by atoms with Crippen LogP contribution < -0.4 is 51.4 Å². The van der Waals surface area contributed by atoms with Crippen molar-refractivity contribution in [3.05, 3.63) is 12.2 Å². The number of carboxylic acids is 1. The van der Waals surface area contributed by atoms with Gasteiger partial charge in [-0.25, -0.2) is 4.79 Å². The summed E-state index contributed by atoms with van der Waals surface area (Å²) in [6.45, 7) is 2.26. The maximum atomic E-state index is 10.3. The van der Waals surface area contributed by atoms with E-state index in [4.69, 9.17) is 20.1 Å². The van der Waals surface area contributed by atoms with Gasteiger partial charge in [0, 0.05) is 6.42 Å². The van der Waals surface area contributed by atoms with Gasteiger partial charge >= 0.3 is 63.5 Å². The predicted octanol–water partition coefficient (Wildman–Crippen LogP) is 3.45. The number of hydrogen-bond donors (Lipinski definition) is 3. The second-order valence-electron chi connectivity index (χ2n) is 6.01. The smallest absolute Gasteiger partial charge is 1.00 e. The Morgan fingerprint density at radius 2 is 1.08 bits per heavy atom. The first-order valence-electron chi connectivity index (χ1n) is 9.29. The zero-order valence-electron chi connectivity index (χ0n) is 17.2. The predicted molar refractivity (Wildman–Crippen MR) is 98.9 cm³/mol. The van der Waals surface area contributed by atoms with Crippen LogP contribution in [0.15, 0.2) is 12.2 Å². The van der Waals surface area contributed by atoms with Crippen LogP contribution in [-0.4, -0.2) is 27.4 Å². The summed E-state index contributed by atoms with van der Waals surface area (Å²) in [6.07, 6.45) is 19.4. The SMILES string of the molecule is CCCCCCCC/C=C\CCCCCCCC(=O)O.O=C(O)O.[H-].[K+]. The fourth-order valence-corrected chi connectivity index (χ4v) is 2.35. The van der Waals surface area contributed by atoms with Gasteiger partial charge in [0.15, 0.2) is 0 Å². The van der Waals surface area contributed by atoms with Crippen LogP contribution in [0.4, 0.5) is 4.79 Å². The molecule has 0 spiro atoms. The minimum absolute atomic E-state index is 0. The second kappa shape index (κ2) is 26.3. The van der Waals surface area contributed by atoms with E-state index in [-0.39, 0.29) is 52.8 Å². The zero-order valence-corrected chi connectivity index (χ0v) is 19.3. The molecule has 0 rings (SSSR count). The molecule has 5 nitrogen and oxygen atoms in total. The Balaban J connectivity index is -0.000000363. The van der Waals surface area contributed by atoms with Crippen molar-refractivity contribution in [2.75, 3.05) is 0 Å². The Morgan fingerprint density at radius 3 is 1.48 bits per heavy atom. The number of carbonyl (C=O) groups is 2. The van der Waals surface area contributed by atoms with Crippen LogP contribution in [0.3, 0.4) is 0 Å². The molecular weight excluding hydrogens is 347 g/mol. The van der Waals surface area contributed by atoms with E-state index in [1.54, 1.807) is 0 Å². The summed E-state index contributed by atoms with van der Waals surface area (Å²) >= 11 is 0. The molecule has 0 saturated carbocycles. The molecule has 0 heterocycles. The molecule has 0 saturated heterocycles. The molecule has 0 unspecified atom stereocenters. The number of aliphatic carboxylic acids is 1. The normalized spacial score (nSPS) is 9.96. The van der Waals surface area contributed by atoms with Gasteiger partial charge in [-0.3, -0.25) is 4.79 Å². The Kier molecular flexibility index (Phi) is 31.5. The fourth-order valence-electron chi connectivity index (χ4n) is 2.35. The average Bonchev–Trinajstić information content (AvgIpc) is 2.50. The van der Waals surface area contributed by atoms with Crippen molar-refractivity contribution in [2.45, 2.75) is 96.8 Å². The summed E-state index contributed by atoms with van der Waals surface area (Å²) in [5.41, 5.74) is 0. The van der Waals surface area contributed by atoms with E-state index in [1.807, 2.05) is 0 Å². The van der Waals surface area contributed by atoms with E-state index in [1.165, 1.54) is 70.6 Å². The van der Waals surface area contributed by atoms with Crippen LogP contribution in [0.25, 0.3) is 0 Å². The second-order valence-corrected chi connectivity index (χ2v) is 6.01. The minimum Gasteiger partial charge on any atom is -1.00 e. The van der Waals surface area contributed by atoms with Crippen molar-refractivity contribution in [1.82, 2.24) is 0 Å². The molecule has 0 atom stereocenters. The van der Waals surface area contributed by atoms with Crippen molar-refractivity contribution in [3.8, 4) is 0 Å². The summed E-state index contributed by atoms with van der Waals surface area (Å²) in [5, 5.41) is 22.5. The van der Waals surface area contributed by atoms with Crippen LogP contribution >= 0.6 is 0 Å². The molecule has 0 aliphatic heterocycles. The van der Waals surface area contributed by atoms with Crippen LogP contribution in [0.2, 0.25) is 0 Å². The van der Waals surface area contributed by atoms with E-state index in [2.05, 4.69) is 19.1 Å². The van der Waals surface area contributed by atoms with Crippen molar-refractivity contribution in [1.29, 1.82) is 0 Å². The first-order valence-corrected chi connectivity index (χ1v) is 9.29. The van der Waals surface area contributed by atoms with Crippen molar-refractivity contribution >= 4 is 12.1 Å². The van der Waals surface area contributed by atoms with Gasteiger partial charge in [-0.05, 0) is 32.1 Å². The van der Waals surface area contributed by atoms with Gasteiger partial charge in [0.05, 0.1) is 0 Å². The topological polar surface area (TPSA) is 94.8 Å². The third-order valence-corrected chi connectivity index (χ3v) is 3.65. The van der Waals surface area contributed by atoms with Gasteiger partial charge in [-0.2, -0.15) is 0 Å². The largest absolute Gasteiger partial charge is 1.00 e. The van der Waals surface area contributed by atoms with Crippen LogP contribution in [0, 0.1) is 0 Å². The number of allylic oxidation sites excluding steroid dienone is 2. The molecule has 0 amide bonds. The summed E-state index contributed by atoms with van der Waals surface area (Å²) in [5.74, 6) is -0.664.